The molecule has 0 amide bonds. The van der Waals surface area contributed by atoms with Crippen LogP contribution in [0.15, 0.2) is 71.8 Å². The van der Waals surface area contributed by atoms with E-state index < -0.39 is 17.5 Å². The van der Waals surface area contributed by atoms with Gasteiger partial charge in [-0.05, 0) is 34.9 Å². The largest absolute Gasteiger partial charge is 0.462 e. The summed E-state index contributed by atoms with van der Waals surface area (Å²) < 4.78 is 11.2. The number of allylic oxidation sites excluding steroid dienone is 2. The maximum Gasteiger partial charge on any atom is 0.347 e. The second kappa shape index (κ2) is 5.22. The first-order valence-corrected chi connectivity index (χ1v) is 9.70. The number of ether oxygens (including phenoxy) is 2. The molecule has 4 atom stereocenters. The van der Waals surface area contributed by atoms with Gasteiger partial charge in [-0.3, -0.25) is 0 Å². The number of rotatable bonds is 2. The first kappa shape index (κ1) is 15.9. The van der Waals surface area contributed by atoms with Crippen LogP contribution in [-0.2, 0) is 19.1 Å². The van der Waals surface area contributed by atoms with E-state index in [2.05, 4.69) is 48.6 Å². The minimum atomic E-state index is -0.958. The zero-order valence-electron chi connectivity index (χ0n) is 15.3. The molecule has 0 N–H and O–H groups in total. The maximum absolute atomic E-state index is 12.8. The zero-order chi connectivity index (χ0) is 19.0. The van der Waals surface area contributed by atoms with E-state index in [1.165, 1.54) is 21.9 Å². The molecule has 1 aliphatic heterocycles. The Balaban J connectivity index is 1.65. The Morgan fingerprint density at radius 2 is 1.93 bits per heavy atom. The summed E-state index contributed by atoms with van der Waals surface area (Å²) in [4.78, 5) is 25.4. The summed E-state index contributed by atoms with van der Waals surface area (Å²) >= 11 is 0. The Kier molecular flexibility index (Phi) is 2.96. The highest BCUT2D eigenvalue weighted by Crippen LogP contribution is 2.63. The minimum absolute atomic E-state index is 0.0344. The van der Waals surface area contributed by atoms with Gasteiger partial charge in [0.25, 0.3) is 0 Å². The third-order valence-corrected chi connectivity index (χ3v) is 6.59. The van der Waals surface area contributed by atoms with Gasteiger partial charge >= 0.3 is 11.9 Å². The molecule has 0 fully saturated rings. The van der Waals surface area contributed by atoms with Gasteiger partial charge in [-0.15, -0.1) is 0 Å². The van der Waals surface area contributed by atoms with Crippen LogP contribution in [0, 0.1) is 5.92 Å². The van der Waals surface area contributed by atoms with Crippen LogP contribution in [0.1, 0.15) is 29.9 Å². The Hall–Kier alpha value is -3.14. The molecule has 4 heteroatoms. The molecule has 138 valence electrons. The molecule has 2 aromatic carbocycles. The first-order chi connectivity index (χ1) is 13.7. The van der Waals surface area contributed by atoms with Crippen molar-refractivity contribution in [3.63, 3.8) is 0 Å². The molecule has 2 unspecified atom stereocenters. The number of carbonyl (C=O) groups excluding carboxylic acids is 2. The second-order valence-electron chi connectivity index (χ2n) is 7.78. The van der Waals surface area contributed by atoms with E-state index in [1.807, 2.05) is 12.2 Å². The van der Waals surface area contributed by atoms with Crippen molar-refractivity contribution in [1.82, 2.24) is 0 Å². The van der Waals surface area contributed by atoms with Crippen LogP contribution in [0.5, 0.6) is 0 Å². The third-order valence-electron chi connectivity index (χ3n) is 6.59. The van der Waals surface area contributed by atoms with E-state index >= 15 is 0 Å². The Labute approximate surface area is 162 Å². The standard InChI is InChI=1S/C24H18O4/c1-2-27-22(25)20-17-10-9-14-11-12-24(17,28-23(20)26)21-16-8-4-6-13-5-3-7-15(18(13)16)19(14)21/h3-12,14,19,21H,2H2,1H3/t14?,19-,21+,24?/m0/s1. The van der Waals surface area contributed by atoms with Gasteiger partial charge in [0.2, 0.25) is 0 Å². The van der Waals surface area contributed by atoms with Gasteiger partial charge in [0.15, 0.2) is 11.2 Å². The molecule has 1 spiro atoms. The molecular formula is C24H18O4. The van der Waals surface area contributed by atoms with Crippen molar-refractivity contribution in [3.05, 3.63) is 83.0 Å². The molecule has 0 saturated heterocycles. The Morgan fingerprint density at radius 3 is 2.71 bits per heavy atom. The molecule has 2 bridgehead atoms. The van der Waals surface area contributed by atoms with Gasteiger partial charge in [0.1, 0.15) is 0 Å². The van der Waals surface area contributed by atoms with Crippen LogP contribution < -0.4 is 0 Å². The van der Waals surface area contributed by atoms with Crippen molar-refractivity contribution in [3.8, 4) is 0 Å². The van der Waals surface area contributed by atoms with E-state index in [-0.39, 0.29) is 29.9 Å². The van der Waals surface area contributed by atoms with E-state index in [9.17, 15) is 9.59 Å². The van der Waals surface area contributed by atoms with Crippen LogP contribution in [0.25, 0.3) is 10.8 Å². The fourth-order valence-corrected chi connectivity index (χ4v) is 5.64. The number of hydrogen-bond donors (Lipinski definition) is 0. The average molecular weight is 370 g/mol. The third kappa shape index (κ3) is 1.71. The lowest BCUT2D eigenvalue weighted by molar-refractivity contribution is -0.149. The van der Waals surface area contributed by atoms with Crippen LogP contribution in [0.2, 0.25) is 0 Å². The molecule has 5 aliphatic rings. The van der Waals surface area contributed by atoms with E-state index in [0.717, 1.165) is 0 Å². The zero-order valence-corrected chi connectivity index (χ0v) is 15.3. The molecule has 4 nitrogen and oxygen atoms in total. The maximum atomic E-state index is 12.8. The molecule has 4 aliphatic carbocycles. The lowest BCUT2D eigenvalue weighted by Gasteiger charge is -2.40. The molecular weight excluding hydrogens is 352 g/mol. The summed E-state index contributed by atoms with van der Waals surface area (Å²) in [7, 11) is 0. The van der Waals surface area contributed by atoms with Gasteiger partial charge in [-0.2, -0.15) is 0 Å². The summed E-state index contributed by atoms with van der Waals surface area (Å²) in [6.07, 6.45) is 8.12. The monoisotopic (exact) mass is 370 g/mol. The normalized spacial score (nSPS) is 31.0. The van der Waals surface area contributed by atoms with Crippen molar-refractivity contribution >= 4 is 22.7 Å². The van der Waals surface area contributed by atoms with Gasteiger partial charge in [0, 0.05) is 23.3 Å². The highest BCUT2D eigenvalue weighted by Gasteiger charge is 2.61. The molecule has 0 saturated carbocycles. The summed E-state index contributed by atoms with van der Waals surface area (Å²) in [5.74, 6) is -0.884. The SMILES string of the molecule is CCOC(=O)C1=C2C=CC3C=CC2(OC1=O)[C@@H]1c2cccc4cccc(c24)[C@H]31. The fraction of sp³-hybridized carbons (Fsp3) is 0.250. The quantitative estimate of drug-likeness (QED) is 0.457. The number of hydrogen-bond acceptors (Lipinski definition) is 4. The molecule has 2 aromatic rings. The van der Waals surface area contributed by atoms with Gasteiger partial charge in [0.05, 0.1) is 6.61 Å². The van der Waals surface area contributed by atoms with Crippen LogP contribution in [0.3, 0.4) is 0 Å². The lowest BCUT2D eigenvalue weighted by atomic mass is 9.66. The molecule has 0 aromatic heterocycles. The molecule has 28 heavy (non-hydrogen) atoms. The van der Waals surface area contributed by atoms with Crippen LogP contribution in [-0.4, -0.2) is 24.1 Å². The van der Waals surface area contributed by atoms with Gasteiger partial charge < -0.3 is 9.47 Å². The lowest BCUT2D eigenvalue weighted by Crippen LogP contribution is -2.41. The van der Waals surface area contributed by atoms with Crippen molar-refractivity contribution < 1.29 is 19.1 Å². The van der Waals surface area contributed by atoms with Crippen LogP contribution >= 0.6 is 0 Å². The predicted octanol–water partition coefficient (Wildman–Crippen LogP) is 3.93. The van der Waals surface area contributed by atoms with Crippen molar-refractivity contribution in [2.75, 3.05) is 6.61 Å². The predicted molar refractivity (Wildman–Crippen MR) is 104 cm³/mol. The topological polar surface area (TPSA) is 52.6 Å². The van der Waals surface area contributed by atoms with Crippen molar-refractivity contribution in [2.24, 2.45) is 5.92 Å². The minimum Gasteiger partial charge on any atom is -0.462 e. The number of benzene rings is 2. The summed E-state index contributed by atoms with van der Waals surface area (Å²) in [6, 6.07) is 12.7. The highest BCUT2D eigenvalue weighted by atomic mass is 16.6. The van der Waals surface area contributed by atoms with Gasteiger partial charge in [-0.1, -0.05) is 54.6 Å². The molecule has 1 heterocycles. The highest BCUT2D eigenvalue weighted by molar-refractivity contribution is 6.17. The number of esters is 2. The number of carbonyl (C=O) groups is 2. The van der Waals surface area contributed by atoms with Crippen LogP contribution in [0.4, 0.5) is 0 Å². The first-order valence-electron chi connectivity index (χ1n) is 9.70. The van der Waals surface area contributed by atoms with Crippen molar-refractivity contribution in [2.45, 2.75) is 24.4 Å². The molecule has 7 rings (SSSR count). The van der Waals surface area contributed by atoms with E-state index in [0.29, 0.717) is 5.57 Å². The Morgan fingerprint density at radius 1 is 1.14 bits per heavy atom. The molecule has 0 radical (unpaired) electrons. The van der Waals surface area contributed by atoms with Crippen molar-refractivity contribution in [1.29, 1.82) is 0 Å². The van der Waals surface area contributed by atoms with E-state index in [4.69, 9.17) is 9.47 Å². The van der Waals surface area contributed by atoms with Gasteiger partial charge in [-0.25, -0.2) is 9.59 Å². The fourth-order valence-electron chi connectivity index (χ4n) is 5.64. The smallest absolute Gasteiger partial charge is 0.347 e. The van der Waals surface area contributed by atoms with E-state index in [1.54, 1.807) is 6.92 Å². The summed E-state index contributed by atoms with van der Waals surface area (Å²) in [5, 5.41) is 2.45. The Bertz CT molecular complexity index is 1160. The average Bonchev–Trinajstić information content (AvgIpc) is 3.06. The second-order valence-corrected chi connectivity index (χ2v) is 7.78. The summed E-state index contributed by atoms with van der Waals surface area (Å²) in [5.41, 5.74) is 2.19. The summed E-state index contributed by atoms with van der Waals surface area (Å²) in [6.45, 7) is 1.95.